The van der Waals surface area contributed by atoms with Crippen molar-refractivity contribution in [3.05, 3.63) is 16.6 Å². The summed E-state index contributed by atoms with van der Waals surface area (Å²) >= 11 is 1.68. The minimum Gasteiger partial charge on any atom is -0.444 e. The number of ether oxygens (including phenoxy) is 1. The van der Waals surface area contributed by atoms with Gasteiger partial charge in [0.2, 0.25) is 0 Å². The molecule has 1 aliphatic heterocycles. The molecular weight excluding hydrogens is 298 g/mol. The fraction of sp³-hybridized carbons (Fsp3) is 0.750. The van der Waals surface area contributed by atoms with E-state index in [4.69, 9.17) is 4.74 Å². The lowest BCUT2D eigenvalue weighted by atomic mass is 10.0. The van der Waals surface area contributed by atoms with E-state index in [0.29, 0.717) is 6.04 Å². The van der Waals surface area contributed by atoms with Gasteiger partial charge in [0.05, 0.1) is 6.04 Å². The molecule has 0 N–H and O–H groups in total. The van der Waals surface area contributed by atoms with Gasteiger partial charge in [0.25, 0.3) is 0 Å². The van der Waals surface area contributed by atoms with Crippen molar-refractivity contribution in [2.24, 2.45) is 0 Å². The van der Waals surface area contributed by atoms with Crippen molar-refractivity contribution in [3.8, 4) is 0 Å². The third-order valence-electron chi connectivity index (χ3n) is 4.04. The second-order valence-corrected chi connectivity index (χ2v) is 7.86. The highest BCUT2D eigenvalue weighted by molar-refractivity contribution is 7.09. The Morgan fingerprint density at radius 2 is 2.27 bits per heavy atom. The fourth-order valence-electron chi connectivity index (χ4n) is 2.71. The number of nitrogens with zero attached hydrogens (tertiary/aromatic N) is 3. The van der Waals surface area contributed by atoms with E-state index in [1.165, 1.54) is 0 Å². The smallest absolute Gasteiger partial charge is 0.410 e. The number of aromatic nitrogens is 1. The van der Waals surface area contributed by atoms with Gasteiger partial charge >= 0.3 is 6.09 Å². The Labute approximate surface area is 137 Å². The quantitative estimate of drug-likeness (QED) is 0.853. The van der Waals surface area contributed by atoms with E-state index in [9.17, 15) is 4.79 Å². The maximum atomic E-state index is 12.3. The second-order valence-electron chi connectivity index (χ2n) is 6.93. The lowest BCUT2D eigenvalue weighted by Gasteiger charge is -2.40. The average Bonchev–Trinajstić information content (AvgIpc) is 2.98. The highest BCUT2D eigenvalue weighted by Crippen LogP contribution is 2.26. The second kappa shape index (κ2) is 6.96. The van der Waals surface area contributed by atoms with Crippen LogP contribution in [-0.4, -0.2) is 52.7 Å². The van der Waals surface area contributed by atoms with Gasteiger partial charge in [0, 0.05) is 30.7 Å². The lowest BCUT2D eigenvalue weighted by Crippen LogP contribution is -2.50. The van der Waals surface area contributed by atoms with Crippen molar-refractivity contribution in [1.82, 2.24) is 14.8 Å². The van der Waals surface area contributed by atoms with E-state index in [0.717, 1.165) is 30.9 Å². The molecule has 6 heteroatoms. The lowest BCUT2D eigenvalue weighted by molar-refractivity contribution is 0.00972. The van der Waals surface area contributed by atoms with Crippen LogP contribution in [0.15, 0.2) is 11.6 Å². The SMILES string of the molecule is C[C@H](c1nccs1)N(C)[C@@H]1CCCN(C(=O)OC(C)(C)C)C1. The first-order valence-corrected chi connectivity index (χ1v) is 8.75. The van der Waals surface area contributed by atoms with Crippen LogP contribution in [0.25, 0.3) is 0 Å². The Hall–Kier alpha value is -1.14. The first-order valence-electron chi connectivity index (χ1n) is 7.87. The number of carbonyl (C=O) groups is 1. The van der Waals surface area contributed by atoms with Crippen LogP contribution in [0.5, 0.6) is 0 Å². The zero-order chi connectivity index (χ0) is 16.3. The van der Waals surface area contributed by atoms with Crippen LogP contribution in [0.2, 0.25) is 0 Å². The molecule has 1 amide bonds. The predicted octanol–water partition coefficient (Wildman–Crippen LogP) is 3.54. The van der Waals surface area contributed by atoms with Crippen LogP contribution in [0.4, 0.5) is 4.79 Å². The maximum Gasteiger partial charge on any atom is 0.410 e. The summed E-state index contributed by atoms with van der Waals surface area (Å²) in [4.78, 5) is 20.8. The van der Waals surface area contributed by atoms with Crippen LogP contribution in [0.3, 0.4) is 0 Å². The molecule has 0 saturated carbocycles. The molecule has 124 valence electrons. The van der Waals surface area contributed by atoms with Crippen LogP contribution in [0.1, 0.15) is 51.6 Å². The summed E-state index contributed by atoms with van der Waals surface area (Å²) in [5.74, 6) is 0. The summed E-state index contributed by atoms with van der Waals surface area (Å²) in [5.41, 5.74) is -0.440. The summed E-state index contributed by atoms with van der Waals surface area (Å²) in [6, 6.07) is 0.615. The van der Waals surface area contributed by atoms with Crippen molar-refractivity contribution in [2.45, 2.75) is 58.2 Å². The van der Waals surface area contributed by atoms with E-state index in [-0.39, 0.29) is 12.1 Å². The Balaban J connectivity index is 1.96. The number of hydrogen-bond donors (Lipinski definition) is 0. The topological polar surface area (TPSA) is 45.7 Å². The van der Waals surface area contributed by atoms with Gasteiger partial charge in [0.15, 0.2) is 0 Å². The van der Waals surface area contributed by atoms with Crippen molar-refractivity contribution in [2.75, 3.05) is 20.1 Å². The maximum absolute atomic E-state index is 12.3. The van der Waals surface area contributed by atoms with Gasteiger partial charge in [-0.05, 0) is 47.6 Å². The van der Waals surface area contributed by atoms with Crippen molar-refractivity contribution in [3.63, 3.8) is 0 Å². The van der Waals surface area contributed by atoms with Crippen LogP contribution < -0.4 is 0 Å². The summed E-state index contributed by atoms with van der Waals surface area (Å²) in [7, 11) is 2.12. The number of likely N-dealkylation sites (tertiary alicyclic amines) is 1. The number of piperidine rings is 1. The fourth-order valence-corrected chi connectivity index (χ4v) is 3.46. The van der Waals surface area contributed by atoms with Crippen molar-refractivity contribution >= 4 is 17.4 Å². The summed E-state index contributed by atoms with van der Waals surface area (Å²) in [5, 5.41) is 3.13. The third kappa shape index (κ3) is 4.43. The first-order chi connectivity index (χ1) is 10.3. The molecule has 2 rings (SSSR count). The van der Waals surface area contributed by atoms with Gasteiger partial charge in [0.1, 0.15) is 10.6 Å². The zero-order valence-corrected chi connectivity index (χ0v) is 15.0. The minimum absolute atomic E-state index is 0.201. The molecule has 0 aliphatic carbocycles. The van der Waals surface area contributed by atoms with Crippen molar-refractivity contribution < 1.29 is 9.53 Å². The molecule has 5 nitrogen and oxygen atoms in total. The normalized spacial score (nSPS) is 21.0. The van der Waals surface area contributed by atoms with Gasteiger partial charge in [-0.1, -0.05) is 0 Å². The first kappa shape index (κ1) is 17.2. The summed E-state index contributed by atoms with van der Waals surface area (Å²) < 4.78 is 5.50. The number of carbonyl (C=O) groups excluding carboxylic acids is 1. The molecule has 1 fully saturated rings. The molecular formula is C16H27N3O2S. The van der Waals surface area contributed by atoms with Gasteiger partial charge in [-0.3, -0.25) is 4.90 Å². The summed E-state index contributed by atoms with van der Waals surface area (Å²) in [6.07, 6.45) is 3.76. The number of rotatable bonds is 3. The van der Waals surface area contributed by atoms with E-state index in [1.54, 1.807) is 11.3 Å². The summed E-state index contributed by atoms with van der Waals surface area (Å²) in [6.45, 7) is 9.40. The van der Waals surface area contributed by atoms with E-state index >= 15 is 0 Å². The highest BCUT2D eigenvalue weighted by Gasteiger charge is 2.31. The Morgan fingerprint density at radius 1 is 1.55 bits per heavy atom. The van der Waals surface area contributed by atoms with Crippen LogP contribution in [0, 0.1) is 0 Å². The average molecular weight is 325 g/mol. The Bertz CT molecular complexity index is 484. The largest absolute Gasteiger partial charge is 0.444 e. The molecule has 0 unspecified atom stereocenters. The number of hydrogen-bond acceptors (Lipinski definition) is 5. The van der Waals surface area contributed by atoms with Gasteiger partial charge < -0.3 is 9.64 Å². The molecule has 0 radical (unpaired) electrons. The van der Waals surface area contributed by atoms with Gasteiger partial charge in [-0.25, -0.2) is 9.78 Å². The molecule has 2 heterocycles. The minimum atomic E-state index is -0.440. The molecule has 1 aliphatic rings. The molecule has 1 aromatic heterocycles. The van der Waals surface area contributed by atoms with E-state index in [2.05, 4.69) is 23.9 Å². The monoisotopic (exact) mass is 325 g/mol. The predicted molar refractivity (Wildman–Crippen MR) is 89.1 cm³/mol. The third-order valence-corrected chi connectivity index (χ3v) is 4.99. The van der Waals surface area contributed by atoms with Gasteiger partial charge in [-0.2, -0.15) is 0 Å². The van der Waals surface area contributed by atoms with E-state index < -0.39 is 5.60 Å². The number of likely N-dealkylation sites (N-methyl/N-ethyl adjacent to an activating group) is 1. The molecule has 22 heavy (non-hydrogen) atoms. The molecule has 0 aromatic carbocycles. The molecule has 2 atom stereocenters. The molecule has 0 bridgehead atoms. The number of thiazole rings is 1. The molecule has 1 aromatic rings. The van der Waals surface area contributed by atoms with E-state index in [1.807, 2.05) is 37.2 Å². The van der Waals surface area contributed by atoms with Crippen LogP contribution >= 0.6 is 11.3 Å². The molecule has 0 spiro atoms. The zero-order valence-electron chi connectivity index (χ0n) is 14.2. The standard InChI is InChI=1S/C16H27N3O2S/c1-12(14-17-8-10-22-14)18(5)13-7-6-9-19(11-13)15(20)21-16(2,3)4/h8,10,12-13H,6-7,9,11H2,1-5H3/t12-,13-/m1/s1. The Morgan fingerprint density at radius 3 is 2.86 bits per heavy atom. The number of amides is 1. The molecule has 1 saturated heterocycles. The van der Waals surface area contributed by atoms with Gasteiger partial charge in [-0.15, -0.1) is 11.3 Å². The highest BCUT2D eigenvalue weighted by atomic mass is 32.1. The van der Waals surface area contributed by atoms with Crippen molar-refractivity contribution in [1.29, 1.82) is 0 Å². The van der Waals surface area contributed by atoms with Crippen LogP contribution in [-0.2, 0) is 4.74 Å². The Kier molecular flexibility index (Phi) is 5.45.